The summed E-state index contributed by atoms with van der Waals surface area (Å²) in [7, 11) is 0. The summed E-state index contributed by atoms with van der Waals surface area (Å²) in [5.74, 6) is 0. The van der Waals surface area contributed by atoms with Crippen molar-refractivity contribution in [3.8, 4) is 0 Å². The van der Waals surface area contributed by atoms with Crippen LogP contribution in [0.15, 0.2) is 0 Å². The van der Waals surface area contributed by atoms with E-state index in [0.717, 1.165) is 12.8 Å². The van der Waals surface area contributed by atoms with Gasteiger partial charge in [-0.05, 0) is 26.7 Å². The monoisotopic (exact) mass is 318 g/mol. The number of nitrogens with one attached hydrogen (secondary N) is 2. The molecule has 8 nitrogen and oxygen atoms in total. The topological polar surface area (TPSA) is 106 Å². The molecule has 0 saturated heterocycles. The number of alkyl carbamates (subject to hydrolysis) is 2. The zero-order chi connectivity index (χ0) is 17.0. The van der Waals surface area contributed by atoms with E-state index in [-0.39, 0.29) is 0 Å². The van der Waals surface area contributed by atoms with Crippen LogP contribution in [0.25, 0.3) is 0 Å². The number of nitrogens with zero attached hydrogens (tertiary/aromatic N) is 1. The molecular formula is C14H30N4O4. The van der Waals surface area contributed by atoms with E-state index in [0.29, 0.717) is 26.2 Å². The standard InChI is InChI=1S/C14H30N4O4/c1-5-8-16-13(19)21-11(3)18(10-7-15)12(4)22-14(20)17-9-6-2/h11-12H,5-10,15H2,1-4H3,(H,16,19)(H,17,20). The van der Waals surface area contributed by atoms with Crippen molar-refractivity contribution >= 4 is 12.2 Å². The van der Waals surface area contributed by atoms with Gasteiger partial charge in [0.15, 0.2) is 12.5 Å². The molecule has 0 saturated carbocycles. The zero-order valence-electron chi connectivity index (χ0n) is 14.1. The highest BCUT2D eigenvalue weighted by molar-refractivity contribution is 5.67. The van der Waals surface area contributed by atoms with Crippen molar-refractivity contribution in [3.63, 3.8) is 0 Å². The highest BCUT2D eigenvalue weighted by Crippen LogP contribution is 2.08. The molecule has 0 radical (unpaired) electrons. The Morgan fingerprint density at radius 1 is 1.00 bits per heavy atom. The van der Waals surface area contributed by atoms with E-state index in [4.69, 9.17) is 15.2 Å². The summed E-state index contributed by atoms with van der Waals surface area (Å²) >= 11 is 0. The number of carbonyl (C=O) groups is 2. The van der Waals surface area contributed by atoms with Crippen molar-refractivity contribution in [2.45, 2.75) is 53.0 Å². The van der Waals surface area contributed by atoms with Crippen LogP contribution in [0.4, 0.5) is 9.59 Å². The van der Waals surface area contributed by atoms with E-state index < -0.39 is 24.6 Å². The van der Waals surface area contributed by atoms with E-state index >= 15 is 0 Å². The Bertz CT molecular complexity index is 300. The van der Waals surface area contributed by atoms with Gasteiger partial charge in [0, 0.05) is 26.2 Å². The van der Waals surface area contributed by atoms with Crippen LogP contribution in [-0.4, -0.2) is 55.7 Å². The molecule has 0 bridgehead atoms. The van der Waals surface area contributed by atoms with Crippen LogP contribution < -0.4 is 16.4 Å². The molecule has 0 aromatic heterocycles. The first-order valence-corrected chi connectivity index (χ1v) is 7.80. The van der Waals surface area contributed by atoms with Gasteiger partial charge in [-0.3, -0.25) is 0 Å². The largest absolute Gasteiger partial charge is 0.430 e. The first kappa shape index (κ1) is 20.5. The van der Waals surface area contributed by atoms with E-state index in [9.17, 15) is 9.59 Å². The summed E-state index contributed by atoms with van der Waals surface area (Å²) in [5.41, 5.74) is 5.57. The molecule has 0 fully saturated rings. The van der Waals surface area contributed by atoms with Crippen molar-refractivity contribution in [3.05, 3.63) is 0 Å². The summed E-state index contributed by atoms with van der Waals surface area (Å²) in [6.07, 6.45) is -0.470. The van der Waals surface area contributed by atoms with Crippen LogP contribution >= 0.6 is 0 Å². The van der Waals surface area contributed by atoms with E-state index in [1.807, 2.05) is 13.8 Å². The van der Waals surface area contributed by atoms with Gasteiger partial charge in [-0.1, -0.05) is 13.8 Å². The van der Waals surface area contributed by atoms with E-state index in [1.165, 1.54) is 0 Å². The lowest BCUT2D eigenvalue weighted by Gasteiger charge is -2.32. The summed E-state index contributed by atoms with van der Waals surface area (Å²) < 4.78 is 10.5. The highest BCUT2D eigenvalue weighted by Gasteiger charge is 2.25. The van der Waals surface area contributed by atoms with Crippen molar-refractivity contribution in [1.82, 2.24) is 15.5 Å². The fourth-order valence-electron chi connectivity index (χ4n) is 1.79. The fourth-order valence-corrected chi connectivity index (χ4v) is 1.79. The average molecular weight is 318 g/mol. The molecule has 0 aromatic rings. The summed E-state index contributed by atoms with van der Waals surface area (Å²) in [4.78, 5) is 24.9. The van der Waals surface area contributed by atoms with Gasteiger partial charge in [-0.2, -0.15) is 0 Å². The fraction of sp³-hybridized carbons (Fsp3) is 0.857. The predicted octanol–water partition coefficient (Wildman–Crippen LogP) is 1.21. The van der Waals surface area contributed by atoms with Crippen LogP contribution in [0.1, 0.15) is 40.5 Å². The van der Waals surface area contributed by atoms with E-state index in [2.05, 4.69) is 10.6 Å². The van der Waals surface area contributed by atoms with Crippen LogP contribution in [-0.2, 0) is 9.47 Å². The van der Waals surface area contributed by atoms with Gasteiger partial charge < -0.3 is 25.8 Å². The van der Waals surface area contributed by atoms with Gasteiger partial charge in [0.05, 0.1) is 0 Å². The first-order chi connectivity index (χ1) is 10.5. The molecule has 0 aliphatic carbocycles. The number of hydrogen-bond donors (Lipinski definition) is 3. The highest BCUT2D eigenvalue weighted by atomic mass is 16.6. The van der Waals surface area contributed by atoms with Crippen LogP contribution in [0.5, 0.6) is 0 Å². The maximum atomic E-state index is 11.6. The lowest BCUT2D eigenvalue weighted by Crippen LogP contribution is -2.49. The molecule has 0 spiro atoms. The molecule has 130 valence electrons. The second-order valence-electron chi connectivity index (χ2n) is 4.89. The normalized spacial score (nSPS) is 13.4. The molecule has 0 aromatic carbocycles. The molecule has 4 N–H and O–H groups in total. The third-order valence-electron chi connectivity index (χ3n) is 2.92. The molecule has 2 amide bonds. The van der Waals surface area contributed by atoms with Gasteiger partial charge >= 0.3 is 12.2 Å². The van der Waals surface area contributed by atoms with Gasteiger partial charge in [0.25, 0.3) is 0 Å². The lowest BCUT2D eigenvalue weighted by atomic mass is 10.4. The number of rotatable bonds is 10. The smallest absolute Gasteiger partial charge is 0.408 e. The SMILES string of the molecule is CCCNC(=O)OC(C)N(CCN)C(C)OC(=O)NCCC. The number of carbonyl (C=O) groups excluding carboxylic acids is 2. The predicted molar refractivity (Wildman–Crippen MR) is 84.2 cm³/mol. The van der Waals surface area contributed by atoms with Crippen LogP contribution in [0, 0.1) is 0 Å². The lowest BCUT2D eigenvalue weighted by molar-refractivity contribution is -0.0898. The molecule has 0 aliphatic rings. The molecule has 2 unspecified atom stereocenters. The minimum Gasteiger partial charge on any atom is -0.430 e. The molecule has 0 aliphatic heterocycles. The molecule has 0 rings (SSSR count). The minimum absolute atomic E-state index is 0.356. The van der Waals surface area contributed by atoms with Crippen LogP contribution in [0.3, 0.4) is 0 Å². The maximum Gasteiger partial charge on any atom is 0.408 e. The van der Waals surface area contributed by atoms with Crippen LogP contribution in [0.2, 0.25) is 0 Å². The number of nitrogens with two attached hydrogens (primary N) is 1. The summed E-state index contributed by atoms with van der Waals surface area (Å²) in [6, 6.07) is 0. The maximum absolute atomic E-state index is 11.6. The molecule has 8 heteroatoms. The Kier molecular flexibility index (Phi) is 11.2. The van der Waals surface area contributed by atoms with Crippen molar-refractivity contribution in [2.24, 2.45) is 5.73 Å². The third kappa shape index (κ3) is 8.68. The average Bonchev–Trinajstić information content (AvgIpc) is 2.48. The number of amides is 2. The second-order valence-corrected chi connectivity index (χ2v) is 4.89. The molecule has 2 atom stereocenters. The van der Waals surface area contributed by atoms with Gasteiger partial charge in [0.1, 0.15) is 0 Å². The summed E-state index contributed by atoms with van der Waals surface area (Å²) in [5, 5.41) is 5.26. The van der Waals surface area contributed by atoms with Crippen molar-refractivity contribution in [2.75, 3.05) is 26.2 Å². The van der Waals surface area contributed by atoms with Crippen molar-refractivity contribution < 1.29 is 19.1 Å². The Morgan fingerprint density at radius 2 is 1.41 bits per heavy atom. The Balaban J connectivity index is 4.47. The van der Waals surface area contributed by atoms with Gasteiger partial charge in [-0.25, -0.2) is 14.5 Å². The number of hydrogen-bond acceptors (Lipinski definition) is 6. The summed E-state index contributed by atoms with van der Waals surface area (Å²) in [6.45, 7) is 9.22. The molecular weight excluding hydrogens is 288 g/mol. The Labute approximate surface area is 132 Å². The van der Waals surface area contributed by atoms with Gasteiger partial charge in [0.2, 0.25) is 0 Å². The second kappa shape index (κ2) is 12.0. The molecule has 22 heavy (non-hydrogen) atoms. The Hall–Kier alpha value is -1.54. The van der Waals surface area contributed by atoms with Crippen molar-refractivity contribution in [1.29, 1.82) is 0 Å². The quantitative estimate of drug-likeness (QED) is 0.523. The Morgan fingerprint density at radius 3 is 1.73 bits per heavy atom. The van der Waals surface area contributed by atoms with Gasteiger partial charge in [-0.15, -0.1) is 0 Å². The minimum atomic E-state index is -0.561. The first-order valence-electron chi connectivity index (χ1n) is 7.80. The number of ether oxygens (including phenoxy) is 2. The zero-order valence-corrected chi connectivity index (χ0v) is 14.1. The molecule has 0 heterocycles. The third-order valence-corrected chi connectivity index (χ3v) is 2.92. The van der Waals surface area contributed by atoms with E-state index in [1.54, 1.807) is 18.7 Å².